The Balaban J connectivity index is 2.59. The van der Waals surface area contributed by atoms with Crippen LogP contribution >= 0.6 is 15.9 Å². The maximum atomic E-state index is 3.94. The highest BCUT2D eigenvalue weighted by molar-refractivity contribution is 9.12. The highest BCUT2D eigenvalue weighted by atomic mass is 79.9. The number of hydrogen-bond acceptors (Lipinski definition) is 0. The summed E-state index contributed by atoms with van der Waals surface area (Å²) in [6.45, 7) is 3.94. The summed E-state index contributed by atoms with van der Waals surface area (Å²) in [5.41, 5.74) is 0. The highest BCUT2D eigenvalue weighted by Crippen LogP contribution is 2.11. The summed E-state index contributed by atoms with van der Waals surface area (Å²) >= 11 is 3.46. The summed E-state index contributed by atoms with van der Waals surface area (Å²) in [5.74, 6) is 0. The van der Waals surface area contributed by atoms with Gasteiger partial charge in [0.05, 0.1) is 9.52 Å². The first-order chi connectivity index (χ1) is 6.77. The van der Waals surface area contributed by atoms with Crippen LogP contribution in [0, 0.1) is 0 Å². The van der Waals surface area contributed by atoms with E-state index in [0.717, 1.165) is 4.11 Å². The SMILES string of the molecule is C=C(Br)[SiH2]c1cccc2ccccc12. The first kappa shape index (κ1) is 9.68. The lowest BCUT2D eigenvalue weighted by molar-refractivity contribution is 1.78. The van der Waals surface area contributed by atoms with E-state index in [-0.39, 0.29) is 9.52 Å². The third-order valence-electron chi connectivity index (χ3n) is 2.26. The molecule has 0 saturated heterocycles. The van der Waals surface area contributed by atoms with Crippen molar-refractivity contribution in [3.05, 3.63) is 53.1 Å². The molecule has 2 heteroatoms. The van der Waals surface area contributed by atoms with Gasteiger partial charge in [-0.15, -0.1) is 0 Å². The van der Waals surface area contributed by atoms with Crippen LogP contribution in [-0.4, -0.2) is 9.52 Å². The van der Waals surface area contributed by atoms with Crippen molar-refractivity contribution < 1.29 is 0 Å². The van der Waals surface area contributed by atoms with E-state index in [2.05, 4.69) is 65.0 Å². The average molecular weight is 263 g/mol. The Labute approximate surface area is 94.6 Å². The fourth-order valence-electron chi connectivity index (χ4n) is 1.65. The Morgan fingerprint density at radius 1 is 1.07 bits per heavy atom. The molecular formula is C12H11BrSi. The number of halogens is 1. The second kappa shape index (κ2) is 4.11. The van der Waals surface area contributed by atoms with Gasteiger partial charge in [0.25, 0.3) is 0 Å². The lowest BCUT2D eigenvalue weighted by atomic mass is 10.1. The highest BCUT2D eigenvalue weighted by Gasteiger charge is 2.00. The zero-order valence-electron chi connectivity index (χ0n) is 7.83. The Hall–Kier alpha value is -0.863. The zero-order valence-corrected chi connectivity index (χ0v) is 10.8. The molecule has 70 valence electrons. The molecule has 0 nitrogen and oxygen atoms in total. The largest absolute Gasteiger partial charge is 0.0963 e. The fraction of sp³-hybridized carbons (Fsp3) is 0. The lowest BCUT2D eigenvalue weighted by Gasteiger charge is -2.04. The van der Waals surface area contributed by atoms with E-state index in [9.17, 15) is 0 Å². The monoisotopic (exact) mass is 262 g/mol. The van der Waals surface area contributed by atoms with E-state index in [0.29, 0.717) is 0 Å². The van der Waals surface area contributed by atoms with Crippen molar-refractivity contribution in [1.82, 2.24) is 0 Å². The number of fused-ring (bicyclic) bond motifs is 1. The van der Waals surface area contributed by atoms with E-state index < -0.39 is 0 Å². The molecular weight excluding hydrogens is 252 g/mol. The molecule has 14 heavy (non-hydrogen) atoms. The molecule has 0 aliphatic rings. The Bertz CT molecular complexity index is 471. The summed E-state index contributed by atoms with van der Waals surface area (Å²) in [6.07, 6.45) is 0. The topological polar surface area (TPSA) is 0 Å². The molecule has 2 rings (SSSR count). The van der Waals surface area contributed by atoms with Crippen LogP contribution in [0.4, 0.5) is 0 Å². The third-order valence-corrected chi connectivity index (χ3v) is 4.48. The van der Waals surface area contributed by atoms with Gasteiger partial charge in [0.1, 0.15) is 0 Å². The molecule has 0 aromatic heterocycles. The van der Waals surface area contributed by atoms with Gasteiger partial charge in [-0.1, -0.05) is 70.2 Å². The molecule has 2 aromatic carbocycles. The predicted octanol–water partition coefficient (Wildman–Crippen LogP) is 2.50. The first-order valence-electron chi connectivity index (χ1n) is 4.57. The summed E-state index contributed by atoms with van der Waals surface area (Å²) in [6, 6.07) is 15.0. The van der Waals surface area contributed by atoms with Gasteiger partial charge >= 0.3 is 0 Å². The standard InChI is InChI=1S/C12H11BrSi/c1-9(13)14-12-8-4-6-10-5-2-3-7-11(10)12/h2-8H,1,14H2. The zero-order chi connectivity index (χ0) is 9.97. The summed E-state index contributed by atoms with van der Waals surface area (Å²) < 4.78 is 1.16. The number of hydrogen-bond donors (Lipinski definition) is 0. The number of rotatable bonds is 2. The lowest BCUT2D eigenvalue weighted by Crippen LogP contribution is -2.14. The normalized spacial score (nSPS) is 11.2. The summed E-state index contributed by atoms with van der Waals surface area (Å²) in [5, 5.41) is 4.17. The smallest absolute Gasteiger partial charge is 0.0933 e. The van der Waals surface area contributed by atoms with Gasteiger partial charge in [-0.25, -0.2) is 0 Å². The van der Waals surface area contributed by atoms with Crippen molar-refractivity contribution in [1.29, 1.82) is 0 Å². The molecule has 0 atom stereocenters. The Kier molecular flexibility index (Phi) is 2.84. The molecule has 0 amide bonds. The van der Waals surface area contributed by atoms with Crippen LogP contribution in [-0.2, 0) is 0 Å². The van der Waals surface area contributed by atoms with Crippen molar-refractivity contribution in [2.24, 2.45) is 0 Å². The maximum Gasteiger partial charge on any atom is 0.0963 e. The van der Waals surface area contributed by atoms with E-state index in [1.807, 2.05) is 0 Å². The molecule has 0 N–H and O–H groups in total. The maximum absolute atomic E-state index is 3.94. The molecule has 0 bridgehead atoms. The Morgan fingerprint density at radius 3 is 2.57 bits per heavy atom. The second-order valence-electron chi connectivity index (χ2n) is 3.33. The minimum absolute atomic E-state index is 0.376. The predicted molar refractivity (Wildman–Crippen MR) is 70.2 cm³/mol. The second-order valence-corrected chi connectivity index (χ2v) is 7.46. The number of benzene rings is 2. The quantitative estimate of drug-likeness (QED) is 0.730. The minimum atomic E-state index is -0.376. The van der Waals surface area contributed by atoms with Gasteiger partial charge in [-0.3, -0.25) is 0 Å². The molecule has 0 radical (unpaired) electrons. The van der Waals surface area contributed by atoms with Gasteiger partial charge in [0, 0.05) is 0 Å². The van der Waals surface area contributed by atoms with Crippen LogP contribution < -0.4 is 5.19 Å². The molecule has 0 aliphatic carbocycles. The van der Waals surface area contributed by atoms with Gasteiger partial charge in [-0.2, -0.15) is 0 Å². The van der Waals surface area contributed by atoms with E-state index >= 15 is 0 Å². The van der Waals surface area contributed by atoms with Crippen molar-refractivity contribution in [3.8, 4) is 0 Å². The van der Waals surface area contributed by atoms with E-state index in [4.69, 9.17) is 0 Å². The summed E-state index contributed by atoms with van der Waals surface area (Å²) in [4.78, 5) is 0. The van der Waals surface area contributed by atoms with Crippen LogP contribution in [0.1, 0.15) is 0 Å². The molecule has 0 fully saturated rings. The van der Waals surface area contributed by atoms with Crippen molar-refractivity contribution in [2.75, 3.05) is 0 Å². The van der Waals surface area contributed by atoms with Crippen molar-refractivity contribution in [3.63, 3.8) is 0 Å². The van der Waals surface area contributed by atoms with Crippen LogP contribution in [0.3, 0.4) is 0 Å². The fourth-order valence-corrected chi connectivity index (χ4v) is 3.74. The van der Waals surface area contributed by atoms with Gasteiger partial charge in [0.15, 0.2) is 0 Å². The molecule has 0 heterocycles. The molecule has 2 aromatic rings. The van der Waals surface area contributed by atoms with E-state index in [1.165, 1.54) is 16.0 Å². The molecule has 0 spiro atoms. The Morgan fingerprint density at radius 2 is 1.79 bits per heavy atom. The van der Waals surface area contributed by atoms with Crippen LogP contribution in [0.2, 0.25) is 0 Å². The average Bonchev–Trinajstić information content (AvgIpc) is 2.18. The van der Waals surface area contributed by atoms with Gasteiger partial charge in [0.2, 0.25) is 0 Å². The van der Waals surface area contributed by atoms with Crippen LogP contribution in [0.25, 0.3) is 10.8 Å². The summed E-state index contributed by atoms with van der Waals surface area (Å²) in [7, 11) is -0.376. The van der Waals surface area contributed by atoms with Crippen LogP contribution in [0.15, 0.2) is 53.1 Å². The van der Waals surface area contributed by atoms with E-state index in [1.54, 1.807) is 0 Å². The molecule has 0 saturated carbocycles. The third kappa shape index (κ3) is 1.96. The van der Waals surface area contributed by atoms with Crippen LogP contribution in [0.5, 0.6) is 0 Å². The first-order valence-corrected chi connectivity index (χ1v) is 6.78. The minimum Gasteiger partial charge on any atom is -0.0933 e. The van der Waals surface area contributed by atoms with Crippen molar-refractivity contribution in [2.45, 2.75) is 0 Å². The van der Waals surface area contributed by atoms with Crippen molar-refractivity contribution >= 4 is 41.4 Å². The molecule has 0 unspecified atom stereocenters. The van der Waals surface area contributed by atoms with Gasteiger partial charge in [-0.05, 0) is 14.9 Å². The molecule has 0 aliphatic heterocycles. The van der Waals surface area contributed by atoms with Gasteiger partial charge < -0.3 is 0 Å².